The van der Waals surface area contributed by atoms with Gasteiger partial charge in [-0.2, -0.15) is 0 Å². The van der Waals surface area contributed by atoms with Gasteiger partial charge >= 0.3 is 0 Å². The number of non-ortho nitro benzene ring substituents is 1. The number of rotatable bonds is 3. The van der Waals surface area contributed by atoms with Crippen LogP contribution >= 0.6 is 0 Å². The molecule has 0 saturated heterocycles. The van der Waals surface area contributed by atoms with E-state index in [1.807, 2.05) is 36.4 Å². The van der Waals surface area contributed by atoms with Crippen LogP contribution < -0.4 is 0 Å². The van der Waals surface area contributed by atoms with Crippen LogP contribution in [0.25, 0.3) is 44.7 Å². The minimum Gasteiger partial charge on any atom is -0.258 e. The van der Waals surface area contributed by atoms with Crippen molar-refractivity contribution in [1.82, 2.24) is 4.98 Å². The Morgan fingerprint density at radius 3 is 2.24 bits per heavy atom. The Balaban J connectivity index is 1.74. The standard InChI is InChI=1S/C25H16N2O2/c28-27(29)19-13-9-17(10-14-19)11-15-21-22-7-3-4-8-24(22)26-25-20-6-2-1-5-18(20)12-16-23(21)25/h1-16H/b15-11+. The van der Waals surface area contributed by atoms with Crippen molar-refractivity contribution in [3.8, 4) is 0 Å². The third-order valence-corrected chi connectivity index (χ3v) is 5.16. The Hall–Kier alpha value is -4.05. The van der Waals surface area contributed by atoms with E-state index in [4.69, 9.17) is 4.98 Å². The molecule has 0 bridgehead atoms. The second-order valence-corrected chi connectivity index (χ2v) is 6.91. The predicted molar refractivity (Wildman–Crippen MR) is 119 cm³/mol. The van der Waals surface area contributed by atoms with Crippen LogP contribution in [0.15, 0.2) is 84.9 Å². The summed E-state index contributed by atoms with van der Waals surface area (Å²) in [4.78, 5) is 15.4. The summed E-state index contributed by atoms with van der Waals surface area (Å²) in [6.07, 6.45) is 4.06. The van der Waals surface area contributed by atoms with Gasteiger partial charge in [-0.3, -0.25) is 10.1 Å². The molecule has 5 aromatic rings. The van der Waals surface area contributed by atoms with Gasteiger partial charge in [0, 0.05) is 28.3 Å². The van der Waals surface area contributed by atoms with Crippen LogP contribution in [0.4, 0.5) is 5.69 Å². The molecule has 0 spiro atoms. The molecule has 0 atom stereocenters. The number of nitro groups is 1. The Morgan fingerprint density at radius 1 is 0.724 bits per heavy atom. The lowest BCUT2D eigenvalue weighted by Crippen LogP contribution is -1.89. The summed E-state index contributed by atoms with van der Waals surface area (Å²) < 4.78 is 0. The molecule has 4 nitrogen and oxygen atoms in total. The number of nitrogens with zero attached hydrogens (tertiary/aromatic N) is 2. The summed E-state index contributed by atoms with van der Waals surface area (Å²) in [5.41, 5.74) is 4.01. The van der Waals surface area contributed by atoms with Gasteiger partial charge in [0.2, 0.25) is 0 Å². The highest BCUT2D eigenvalue weighted by atomic mass is 16.6. The van der Waals surface area contributed by atoms with Crippen LogP contribution in [0.2, 0.25) is 0 Å². The molecular weight excluding hydrogens is 360 g/mol. The van der Waals surface area contributed by atoms with Gasteiger partial charge < -0.3 is 0 Å². The van der Waals surface area contributed by atoms with E-state index >= 15 is 0 Å². The molecule has 0 fully saturated rings. The monoisotopic (exact) mass is 376 g/mol. The quantitative estimate of drug-likeness (QED) is 0.154. The first-order valence-electron chi connectivity index (χ1n) is 9.33. The highest BCUT2D eigenvalue weighted by Gasteiger charge is 2.10. The Bertz CT molecular complexity index is 1420. The van der Waals surface area contributed by atoms with Crippen LogP contribution in [-0.2, 0) is 0 Å². The number of benzene rings is 4. The fourth-order valence-electron chi connectivity index (χ4n) is 3.72. The first-order chi connectivity index (χ1) is 14.2. The number of aromatic nitrogens is 1. The van der Waals surface area contributed by atoms with Gasteiger partial charge in [0.15, 0.2) is 0 Å². The lowest BCUT2D eigenvalue weighted by Gasteiger charge is -2.10. The van der Waals surface area contributed by atoms with Crippen molar-refractivity contribution in [2.24, 2.45) is 0 Å². The van der Waals surface area contributed by atoms with Gasteiger partial charge in [-0.1, -0.05) is 66.7 Å². The minimum absolute atomic E-state index is 0.0911. The van der Waals surface area contributed by atoms with E-state index in [2.05, 4.69) is 36.4 Å². The van der Waals surface area contributed by atoms with Gasteiger partial charge in [-0.15, -0.1) is 0 Å². The third-order valence-electron chi connectivity index (χ3n) is 5.16. The molecule has 5 rings (SSSR count). The van der Waals surface area contributed by atoms with Crippen LogP contribution in [0, 0.1) is 10.1 Å². The maximum Gasteiger partial charge on any atom is 0.269 e. The van der Waals surface area contributed by atoms with Gasteiger partial charge in [-0.25, -0.2) is 4.98 Å². The zero-order valence-corrected chi connectivity index (χ0v) is 15.4. The van der Waals surface area contributed by atoms with Crippen molar-refractivity contribution < 1.29 is 4.92 Å². The first-order valence-corrected chi connectivity index (χ1v) is 9.33. The van der Waals surface area contributed by atoms with Crippen molar-refractivity contribution in [2.75, 3.05) is 0 Å². The summed E-state index contributed by atoms with van der Waals surface area (Å²) in [7, 11) is 0. The number of fused-ring (bicyclic) bond motifs is 4. The molecular formula is C25H16N2O2. The normalized spacial score (nSPS) is 11.6. The van der Waals surface area contributed by atoms with Gasteiger partial charge in [-0.05, 0) is 34.7 Å². The number of para-hydroxylation sites is 1. The fraction of sp³-hybridized carbons (Fsp3) is 0. The molecule has 0 aliphatic heterocycles. The number of hydrogen-bond donors (Lipinski definition) is 0. The smallest absolute Gasteiger partial charge is 0.258 e. The molecule has 0 aliphatic carbocycles. The highest BCUT2D eigenvalue weighted by molar-refractivity contribution is 6.13. The molecule has 4 heteroatoms. The molecule has 0 aliphatic rings. The largest absolute Gasteiger partial charge is 0.269 e. The van der Waals surface area contributed by atoms with Crippen molar-refractivity contribution >= 4 is 50.4 Å². The van der Waals surface area contributed by atoms with E-state index in [0.717, 1.165) is 43.7 Å². The average molecular weight is 376 g/mol. The van der Waals surface area contributed by atoms with Gasteiger partial charge in [0.25, 0.3) is 5.69 Å². The van der Waals surface area contributed by atoms with E-state index < -0.39 is 0 Å². The number of nitro benzene ring substituents is 1. The summed E-state index contributed by atoms with van der Waals surface area (Å²) in [5, 5.41) is 15.3. The first kappa shape index (κ1) is 17.1. The predicted octanol–water partition coefficient (Wildman–Crippen LogP) is 6.62. The summed E-state index contributed by atoms with van der Waals surface area (Å²) in [6, 6.07) is 27.2. The Labute approximate surface area is 166 Å². The lowest BCUT2D eigenvalue weighted by atomic mass is 9.98. The molecule has 0 unspecified atom stereocenters. The molecule has 29 heavy (non-hydrogen) atoms. The van der Waals surface area contributed by atoms with Crippen LogP contribution in [-0.4, -0.2) is 9.91 Å². The highest BCUT2D eigenvalue weighted by Crippen LogP contribution is 2.32. The van der Waals surface area contributed by atoms with E-state index in [0.29, 0.717) is 0 Å². The van der Waals surface area contributed by atoms with E-state index in [9.17, 15) is 10.1 Å². The average Bonchev–Trinajstić information content (AvgIpc) is 2.77. The second kappa shape index (κ2) is 6.84. The maximum atomic E-state index is 10.9. The van der Waals surface area contributed by atoms with Crippen LogP contribution in [0.3, 0.4) is 0 Å². The molecule has 0 saturated carbocycles. The Kier molecular flexibility index (Phi) is 4.03. The second-order valence-electron chi connectivity index (χ2n) is 6.91. The third kappa shape index (κ3) is 3.01. The van der Waals surface area contributed by atoms with Crippen molar-refractivity contribution in [3.63, 3.8) is 0 Å². The van der Waals surface area contributed by atoms with Gasteiger partial charge in [0.1, 0.15) is 0 Å². The summed E-state index contributed by atoms with van der Waals surface area (Å²) in [6.45, 7) is 0. The van der Waals surface area contributed by atoms with E-state index in [-0.39, 0.29) is 10.6 Å². The maximum absolute atomic E-state index is 10.9. The molecule has 0 radical (unpaired) electrons. The number of pyridine rings is 1. The fourth-order valence-corrected chi connectivity index (χ4v) is 3.72. The zero-order valence-electron chi connectivity index (χ0n) is 15.4. The van der Waals surface area contributed by atoms with Crippen molar-refractivity contribution in [1.29, 1.82) is 0 Å². The SMILES string of the molecule is O=[N+]([O-])c1ccc(/C=C/c2c3ccccc3nc3c2ccc2ccccc23)cc1. The Morgan fingerprint density at radius 2 is 1.45 bits per heavy atom. The summed E-state index contributed by atoms with van der Waals surface area (Å²) >= 11 is 0. The van der Waals surface area contributed by atoms with Crippen LogP contribution in [0.1, 0.15) is 11.1 Å². The molecule has 1 aromatic heterocycles. The zero-order chi connectivity index (χ0) is 19.8. The topological polar surface area (TPSA) is 56.0 Å². The molecule has 0 amide bonds. The van der Waals surface area contributed by atoms with Crippen molar-refractivity contribution in [3.05, 3.63) is 106 Å². The molecule has 4 aromatic carbocycles. The molecule has 1 heterocycles. The van der Waals surface area contributed by atoms with Gasteiger partial charge in [0.05, 0.1) is 16.0 Å². The van der Waals surface area contributed by atoms with E-state index in [1.54, 1.807) is 12.1 Å². The number of hydrogen-bond acceptors (Lipinski definition) is 3. The van der Waals surface area contributed by atoms with Crippen LogP contribution in [0.5, 0.6) is 0 Å². The molecule has 138 valence electrons. The van der Waals surface area contributed by atoms with E-state index in [1.165, 1.54) is 12.1 Å². The minimum atomic E-state index is -0.386. The summed E-state index contributed by atoms with van der Waals surface area (Å²) in [5.74, 6) is 0. The van der Waals surface area contributed by atoms with Crippen molar-refractivity contribution in [2.45, 2.75) is 0 Å². The molecule has 0 N–H and O–H groups in total. The lowest BCUT2D eigenvalue weighted by molar-refractivity contribution is -0.384.